The second-order valence-electron chi connectivity index (χ2n) is 29.1. The van der Waals surface area contributed by atoms with Crippen LogP contribution in [0, 0.1) is 23.7 Å². The lowest BCUT2D eigenvalue weighted by atomic mass is 10.00. The van der Waals surface area contributed by atoms with Gasteiger partial charge in [-0.25, -0.2) is 9.13 Å². The van der Waals surface area contributed by atoms with Crippen molar-refractivity contribution in [1.82, 2.24) is 0 Å². The Balaban J connectivity index is 5.18. The van der Waals surface area contributed by atoms with E-state index in [0.29, 0.717) is 25.7 Å². The van der Waals surface area contributed by atoms with Crippen LogP contribution in [0.5, 0.6) is 0 Å². The largest absolute Gasteiger partial charge is 0.472 e. The van der Waals surface area contributed by atoms with Crippen LogP contribution in [-0.2, 0) is 65.4 Å². The van der Waals surface area contributed by atoms with Gasteiger partial charge in [-0.05, 0) is 49.4 Å². The van der Waals surface area contributed by atoms with Crippen LogP contribution in [0.2, 0.25) is 0 Å². The Kier molecular flexibility index (Phi) is 64.0. The Morgan fingerprint density at radius 2 is 0.505 bits per heavy atom. The highest BCUT2D eigenvalue weighted by molar-refractivity contribution is 7.47. The first kappa shape index (κ1) is 93.1. The van der Waals surface area contributed by atoms with Crippen LogP contribution in [0.15, 0.2) is 0 Å². The van der Waals surface area contributed by atoms with E-state index in [4.69, 9.17) is 37.0 Å². The SMILES string of the molecule is CCC(C)CCCCCCCCC(=O)OC[C@H](COP(=O)(O)OC[C@H](O)COP(=O)(O)OC[C@@H](COC(=O)CCCCCCCCCCCCC(C)C)OC(=O)CCCCCCCCCCC(C)C)OC(=O)CCCCCCCCCCCCCCCCCCCCC(C)C. The number of esters is 4. The first-order valence-electron chi connectivity index (χ1n) is 39.2. The monoisotopic (exact) mass is 1400 g/mol. The molecule has 0 aliphatic heterocycles. The van der Waals surface area contributed by atoms with Crippen molar-refractivity contribution in [3.63, 3.8) is 0 Å². The maximum Gasteiger partial charge on any atom is 0.472 e. The van der Waals surface area contributed by atoms with E-state index < -0.39 is 97.5 Å². The van der Waals surface area contributed by atoms with Crippen molar-refractivity contribution in [1.29, 1.82) is 0 Å². The average Bonchev–Trinajstić information content (AvgIpc) is 1.57. The Bertz CT molecular complexity index is 1870. The Labute approximate surface area is 581 Å². The lowest BCUT2D eigenvalue weighted by molar-refractivity contribution is -0.161. The molecule has 564 valence electrons. The molecule has 0 spiro atoms. The molecule has 0 radical (unpaired) electrons. The van der Waals surface area contributed by atoms with Crippen molar-refractivity contribution in [2.45, 2.75) is 401 Å². The number of phosphoric ester groups is 2. The van der Waals surface area contributed by atoms with Crippen LogP contribution in [0.3, 0.4) is 0 Å². The molecule has 0 saturated carbocycles. The number of hydrogen-bond donors (Lipinski definition) is 3. The molecule has 0 aromatic carbocycles. The van der Waals surface area contributed by atoms with E-state index in [-0.39, 0.29) is 25.7 Å². The van der Waals surface area contributed by atoms with Crippen LogP contribution in [-0.4, -0.2) is 96.7 Å². The Hall–Kier alpha value is -1.94. The Morgan fingerprint density at radius 3 is 0.747 bits per heavy atom. The molecule has 0 heterocycles. The van der Waals surface area contributed by atoms with E-state index in [1.54, 1.807) is 0 Å². The average molecular weight is 1400 g/mol. The first-order chi connectivity index (χ1) is 45.6. The van der Waals surface area contributed by atoms with Crippen LogP contribution in [0.25, 0.3) is 0 Å². The maximum atomic E-state index is 13.1. The number of hydrogen-bond acceptors (Lipinski definition) is 15. The summed E-state index contributed by atoms with van der Waals surface area (Å²) in [6, 6.07) is 0. The highest BCUT2D eigenvalue weighted by atomic mass is 31.2. The fourth-order valence-electron chi connectivity index (χ4n) is 11.5. The smallest absolute Gasteiger partial charge is 0.462 e. The van der Waals surface area contributed by atoms with Gasteiger partial charge < -0.3 is 33.8 Å². The van der Waals surface area contributed by atoms with Gasteiger partial charge in [-0.3, -0.25) is 37.3 Å². The lowest BCUT2D eigenvalue weighted by Crippen LogP contribution is -2.30. The third-order valence-electron chi connectivity index (χ3n) is 17.9. The van der Waals surface area contributed by atoms with Crippen LogP contribution < -0.4 is 0 Å². The van der Waals surface area contributed by atoms with E-state index in [1.165, 1.54) is 180 Å². The van der Waals surface area contributed by atoms with Gasteiger partial charge in [-0.15, -0.1) is 0 Å². The molecule has 0 aliphatic carbocycles. The van der Waals surface area contributed by atoms with Gasteiger partial charge in [0.15, 0.2) is 12.2 Å². The topological polar surface area (TPSA) is 237 Å². The number of unbranched alkanes of at least 4 members (excludes halogenated alkanes) is 38. The van der Waals surface area contributed by atoms with Gasteiger partial charge in [0, 0.05) is 25.7 Å². The van der Waals surface area contributed by atoms with Crippen molar-refractivity contribution < 1.29 is 80.2 Å². The fraction of sp³-hybridized carbons (Fsp3) is 0.947. The third kappa shape index (κ3) is 69.0. The fourth-order valence-corrected chi connectivity index (χ4v) is 13.1. The van der Waals surface area contributed by atoms with Crippen LogP contribution >= 0.6 is 15.6 Å². The van der Waals surface area contributed by atoms with Gasteiger partial charge in [0.25, 0.3) is 0 Å². The Morgan fingerprint density at radius 1 is 0.295 bits per heavy atom. The minimum absolute atomic E-state index is 0.104. The maximum absolute atomic E-state index is 13.1. The van der Waals surface area contributed by atoms with Gasteiger partial charge >= 0.3 is 39.5 Å². The normalized spacial score (nSPS) is 14.4. The molecule has 0 fully saturated rings. The molecule has 0 saturated heterocycles. The lowest BCUT2D eigenvalue weighted by Gasteiger charge is -2.21. The third-order valence-corrected chi connectivity index (χ3v) is 19.8. The molecule has 17 nitrogen and oxygen atoms in total. The van der Waals surface area contributed by atoms with Crippen LogP contribution in [0.1, 0.15) is 383 Å². The molecule has 0 rings (SSSR count). The van der Waals surface area contributed by atoms with E-state index in [0.717, 1.165) is 120 Å². The summed E-state index contributed by atoms with van der Waals surface area (Å²) in [6.07, 6.45) is 50.2. The molecule has 0 aliphatic rings. The molecular weight excluding hydrogens is 1250 g/mol. The van der Waals surface area contributed by atoms with Gasteiger partial charge in [0.05, 0.1) is 26.4 Å². The standard InChI is InChI=1S/C76H148O17P2/c1-9-69(8)55-47-39-34-35-41-49-57-74(79)87-63-72(92-75(80)58-50-42-32-25-19-17-15-13-11-10-12-14-16-18-22-28-36-44-52-66(2)3)65-91-95(84,85)89-61-70(77)60-88-94(82,83)90-64-71(93-76(81)59-51-43-33-27-26-30-38-46-54-68(6)7)62-86-73(78)56-48-40-31-24-21-20-23-29-37-45-53-67(4)5/h66-72,77H,9-65H2,1-8H3,(H,82,83)(H,84,85)/t69?,70-,71-,72-/m1/s1. The van der Waals surface area contributed by atoms with Crippen molar-refractivity contribution in [3.8, 4) is 0 Å². The van der Waals surface area contributed by atoms with Crippen molar-refractivity contribution >= 4 is 39.5 Å². The van der Waals surface area contributed by atoms with E-state index in [1.807, 2.05) is 0 Å². The molecule has 3 N–H and O–H groups in total. The van der Waals surface area contributed by atoms with Gasteiger partial charge in [0.2, 0.25) is 0 Å². The number of phosphoric acid groups is 2. The highest BCUT2D eigenvalue weighted by Gasteiger charge is 2.30. The van der Waals surface area contributed by atoms with Crippen molar-refractivity contribution in [2.24, 2.45) is 23.7 Å². The number of ether oxygens (including phenoxy) is 4. The number of aliphatic hydroxyl groups is 1. The molecule has 95 heavy (non-hydrogen) atoms. The zero-order valence-corrected chi connectivity index (χ0v) is 64.1. The molecule has 0 aromatic rings. The summed E-state index contributed by atoms with van der Waals surface area (Å²) in [5, 5.41) is 10.6. The molecular formula is C76H148O17P2. The zero-order valence-electron chi connectivity index (χ0n) is 62.3. The van der Waals surface area contributed by atoms with Crippen molar-refractivity contribution in [2.75, 3.05) is 39.6 Å². The number of carbonyl (C=O) groups excluding carboxylic acids is 4. The van der Waals surface area contributed by atoms with Crippen LogP contribution in [0.4, 0.5) is 0 Å². The summed E-state index contributed by atoms with van der Waals surface area (Å²) in [5.74, 6) is 0.904. The van der Waals surface area contributed by atoms with Gasteiger partial charge in [0.1, 0.15) is 19.3 Å². The summed E-state index contributed by atoms with van der Waals surface area (Å²) in [5.41, 5.74) is 0. The van der Waals surface area contributed by atoms with Crippen molar-refractivity contribution in [3.05, 3.63) is 0 Å². The minimum Gasteiger partial charge on any atom is -0.462 e. The molecule has 6 atom stereocenters. The van der Waals surface area contributed by atoms with Gasteiger partial charge in [-0.1, -0.05) is 331 Å². The summed E-state index contributed by atoms with van der Waals surface area (Å²) in [7, 11) is -9.91. The molecule has 0 aromatic heterocycles. The quantitative estimate of drug-likeness (QED) is 0.0222. The highest BCUT2D eigenvalue weighted by Crippen LogP contribution is 2.45. The number of carbonyl (C=O) groups is 4. The number of rotatable bonds is 73. The van der Waals surface area contributed by atoms with Gasteiger partial charge in [-0.2, -0.15) is 0 Å². The second kappa shape index (κ2) is 65.4. The molecule has 19 heteroatoms. The predicted molar refractivity (Wildman–Crippen MR) is 386 cm³/mol. The molecule has 0 amide bonds. The molecule has 0 bridgehead atoms. The zero-order chi connectivity index (χ0) is 70.3. The predicted octanol–water partition coefficient (Wildman–Crippen LogP) is 22.0. The van der Waals surface area contributed by atoms with E-state index in [9.17, 15) is 43.2 Å². The number of aliphatic hydroxyl groups excluding tert-OH is 1. The van der Waals surface area contributed by atoms with E-state index in [2.05, 4.69) is 55.4 Å². The summed E-state index contributed by atoms with van der Waals surface area (Å²) >= 11 is 0. The van der Waals surface area contributed by atoms with E-state index >= 15 is 0 Å². The minimum atomic E-state index is -4.96. The molecule has 3 unspecified atom stereocenters. The summed E-state index contributed by atoms with van der Waals surface area (Å²) in [6.45, 7) is 14.1. The summed E-state index contributed by atoms with van der Waals surface area (Å²) in [4.78, 5) is 72.7. The summed E-state index contributed by atoms with van der Waals surface area (Å²) < 4.78 is 68.5. The second-order valence-corrected chi connectivity index (χ2v) is 32.0. The first-order valence-corrected chi connectivity index (χ1v) is 42.2.